The summed E-state index contributed by atoms with van der Waals surface area (Å²) in [5, 5.41) is 8.78. The molecule has 2 amide bonds. The molecule has 2 saturated heterocycles. The fourth-order valence-electron chi connectivity index (χ4n) is 4.52. The lowest BCUT2D eigenvalue weighted by Gasteiger charge is -2.36. The van der Waals surface area contributed by atoms with Crippen LogP contribution in [0.5, 0.6) is 5.75 Å². The van der Waals surface area contributed by atoms with Gasteiger partial charge in [-0.3, -0.25) is 9.59 Å². The van der Waals surface area contributed by atoms with Gasteiger partial charge < -0.3 is 24.3 Å². The van der Waals surface area contributed by atoms with Gasteiger partial charge in [0, 0.05) is 64.0 Å². The highest BCUT2D eigenvalue weighted by Crippen LogP contribution is 2.29. The molecule has 0 bridgehead atoms. The molecule has 176 valence electrons. The van der Waals surface area contributed by atoms with Gasteiger partial charge in [0.05, 0.1) is 13.0 Å². The van der Waals surface area contributed by atoms with Gasteiger partial charge >= 0.3 is 0 Å². The number of carbonyl (C=O) groups is 2. The molecule has 2 aliphatic heterocycles. The number of ether oxygens (including phenoxy) is 1. The monoisotopic (exact) mass is 452 g/mol. The van der Waals surface area contributed by atoms with E-state index in [0.29, 0.717) is 38.5 Å². The van der Waals surface area contributed by atoms with Crippen molar-refractivity contribution in [2.75, 3.05) is 67.6 Å². The lowest BCUT2D eigenvalue weighted by atomic mass is 10.1. The predicted octanol–water partition coefficient (Wildman–Crippen LogP) is 2.03. The maximum absolute atomic E-state index is 13.1. The summed E-state index contributed by atoms with van der Waals surface area (Å²) in [7, 11) is 1.60. The van der Waals surface area contributed by atoms with E-state index in [2.05, 4.69) is 33.8 Å². The third-order valence-corrected chi connectivity index (χ3v) is 6.48. The van der Waals surface area contributed by atoms with Crippen molar-refractivity contribution in [3.63, 3.8) is 0 Å². The predicted molar refractivity (Wildman–Crippen MR) is 128 cm³/mol. The zero-order valence-corrected chi connectivity index (χ0v) is 19.6. The lowest BCUT2D eigenvalue weighted by Crippen LogP contribution is -2.51. The number of anilines is 3. The molecule has 9 nitrogen and oxygen atoms in total. The molecule has 1 atom stereocenters. The van der Waals surface area contributed by atoms with E-state index in [0.717, 1.165) is 30.4 Å². The number of methoxy groups -OCH3 is 1. The Morgan fingerprint density at radius 2 is 1.85 bits per heavy atom. The van der Waals surface area contributed by atoms with E-state index in [1.54, 1.807) is 12.0 Å². The van der Waals surface area contributed by atoms with Gasteiger partial charge in [-0.1, -0.05) is 6.07 Å². The highest BCUT2D eigenvalue weighted by molar-refractivity contribution is 6.00. The second-order valence-corrected chi connectivity index (χ2v) is 8.34. The molecule has 9 heteroatoms. The van der Waals surface area contributed by atoms with Crippen molar-refractivity contribution in [2.45, 2.75) is 20.3 Å². The molecule has 0 aliphatic carbocycles. The molecule has 0 N–H and O–H groups in total. The molecule has 33 heavy (non-hydrogen) atoms. The van der Waals surface area contributed by atoms with Gasteiger partial charge in [0.15, 0.2) is 11.6 Å². The molecule has 4 rings (SSSR count). The van der Waals surface area contributed by atoms with Crippen LogP contribution in [0.15, 0.2) is 36.4 Å². The standard InChI is InChI=1S/C24H32N6O3/c1-4-27(5-2)21-9-10-22(26-25-21)28-11-13-29(14-12-28)24(32)18-15-23(31)30(17-18)19-7-6-8-20(16-19)33-3/h6-10,16,18H,4-5,11-15,17H2,1-3H3. The van der Waals surface area contributed by atoms with Gasteiger partial charge in [-0.25, -0.2) is 0 Å². The van der Waals surface area contributed by atoms with E-state index in [1.807, 2.05) is 41.3 Å². The van der Waals surface area contributed by atoms with Crippen molar-refractivity contribution >= 4 is 29.1 Å². The molecule has 2 aromatic rings. The van der Waals surface area contributed by atoms with Crippen LogP contribution in [0.1, 0.15) is 20.3 Å². The quantitative estimate of drug-likeness (QED) is 0.636. The Hall–Kier alpha value is -3.36. The van der Waals surface area contributed by atoms with Crippen LogP contribution < -0.4 is 19.4 Å². The zero-order valence-electron chi connectivity index (χ0n) is 19.6. The Morgan fingerprint density at radius 1 is 1.09 bits per heavy atom. The van der Waals surface area contributed by atoms with Gasteiger partial charge in [-0.15, -0.1) is 10.2 Å². The number of amides is 2. The minimum atomic E-state index is -0.316. The number of hydrogen-bond donors (Lipinski definition) is 0. The number of piperazine rings is 1. The largest absolute Gasteiger partial charge is 0.497 e. The van der Waals surface area contributed by atoms with Gasteiger partial charge in [-0.2, -0.15) is 0 Å². The van der Waals surface area contributed by atoms with Gasteiger partial charge in [-0.05, 0) is 38.1 Å². The summed E-state index contributed by atoms with van der Waals surface area (Å²) in [5.41, 5.74) is 0.770. The molecule has 0 spiro atoms. The Labute approximate surface area is 194 Å². The molecule has 2 fully saturated rings. The third-order valence-electron chi connectivity index (χ3n) is 6.48. The molecular formula is C24H32N6O3. The van der Waals surface area contributed by atoms with Crippen LogP contribution >= 0.6 is 0 Å². The average Bonchev–Trinajstić information content (AvgIpc) is 3.26. The summed E-state index contributed by atoms with van der Waals surface area (Å²) in [6.45, 7) is 9.02. The smallest absolute Gasteiger partial charge is 0.228 e. The first-order valence-electron chi connectivity index (χ1n) is 11.6. The first kappa shape index (κ1) is 22.8. The van der Waals surface area contributed by atoms with Gasteiger partial charge in [0.2, 0.25) is 11.8 Å². The van der Waals surface area contributed by atoms with Crippen LogP contribution in [0.3, 0.4) is 0 Å². The summed E-state index contributed by atoms with van der Waals surface area (Å²) in [6.07, 6.45) is 0.245. The van der Waals surface area contributed by atoms with Crippen LogP contribution in [0, 0.1) is 5.92 Å². The second-order valence-electron chi connectivity index (χ2n) is 8.34. The van der Waals surface area contributed by atoms with Crippen molar-refractivity contribution in [2.24, 2.45) is 5.92 Å². The number of hydrogen-bond acceptors (Lipinski definition) is 7. The normalized spacial score (nSPS) is 18.6. The van der Waals surface area contributed by atoms with Crippen molar-refractivity contribution in [3.8, 4) is 5.75 Å². The fourth-order valence-corrected chi connectivity index (χ4v) is 4.52. The van der Waals surface area contributed by atoms with E-state index in [4.69, 9.17) is 4.74 Å². The SMILES string of the molecule is CCN(CC)c1ccc(N2CCN(C(=O)C3CC(=O)N(c4cccc(OC)c4)C3)CC2)nn1. The number of benzene rings is 1. The summed E-state index contributed by atoms with van der Waals surface area (Å²) in [4.78, 5) is 33.6. The lowest BCUT2D eigenvalue weighted by molar-refractivity contribution is -0.136. The summed E-state index contributed by atoms with van der Waals surface area (Å²) in [5.74, 6) is 2.12. The van der Waals surface area contributed by atoms with E-state index >= 15 is 0 Å². The zero-order chi connectivity index (χ0) is 23.4. The van der Waals surface area contributed by atoms with Crippen molar-refractivity contribution in [1.82, 2.24) is 15.1 Å². The van der Waals surface area contributed by atoms with Gasteiger partial charge in [0.1, 0.15) is 5.75 Å². The van der Waals surface area contributed by atoms with Crippen LogP contribution in [-0.2, 0) is 9.59 Å². The van der Waals surface area contributed by atoms with Crippen molar-refractivity contribution in [3.05, 3.63) is 36.4 Å². The fraction of sp³-hybridized carbons (Fsp3) is 0.500. The average molecular weight is 453 g/mol. The van der Waals surface area contributed by atoms with E-state index in [-0.39, 0.29) is 24.2 Å². The van der Waals surface area contributed by atoms with Crippen LogP contribution in [0.25, 0.3) is 0 Å². The summed E-state index contributed by atoms with van der Waals surface area (Å²) < 4.78 is 5.27. The summed E-state index contributed by atoms with van der Waals surface area (Å²) in [6, 6.07) is 11.4. The third kappa shape index (κ3) is 4.86. The maximum Gasteiger partial charge on any atom is 0.228 e. The molecule has 1 aromatic heterocycles. The number of rotatable bonds is 7. The Kier molecular flexibility index (Phi) is 6.96. The molecule has 2 aliphatic rings. The van der Waals surface area contributed by atoms with Crippen molar-refractivity contribution < 1.29 is 14.3 Å². The highest BCUT2D eigenvalue weighted by atomic mass is 16.5. The Balaban J connectivity index is 1.33. The molecule has 0 saturated carbocycles. The van der Waals surface area contributed by atoms with Crippen LogP contribution in [0.2, 0.25) is 0 Å². The van der Waals surface area contributed by atoms with E-state index in [9.17, 15) is 9.59 Å². The molecule has 0 radical (unpaired) electrons. The molecular weight excluding hydrogens is 420 g/mol. The number of carbonyl (C=O) groups excluding carboxylic acids is 2. The Bertz CT molecular complexity index is 970. The first-order chi connectivity index (χ1) is 16.0. The topological polar surface area (TPSA) is 82.1 Å². The summed E-state index contributed by atoms with van der Waals surface area (Å²) >= 11 is 0. The van der Waals surface area contributed by atoms with E-state index < -0.39 is 0 Å². The van der Waals surface area contributed by atoms with Crippen molar-refractivity contribution in [1.29, 1.82) is 0 Å². The Morgan fingerprint density at radius 3 is 2.48 bits per heavy atom. The number of aromatic nitrogens is 2. The molecule has 1 aromatic carbocycles. The van der Waals surface area contributed by atoms with Gasteiger partial charge in [0.25, 0.3) is 0 Å². The van der Waals surface area contributed by atoms with Crippen LogP contribution in [-0.4, -0.2) is 79.8 Å². The minimum Gasteiger partial charge on any atom is -0.497 e. The maximum atomic E-state index is 13.1. The van der Waals surface area contributed by atoms with E-state index in [1.165, 1.54) is 0 Å². The minimum absolute atomic E-state index is 0.0243. The van der Waals surface area contributed by atoms with Crippen LogP contribution in [0.4, 0.5) is 17.3 Å². The molecule has 3 heterocycles. The second kappa shape index (κ2) is 10.1. The molecule has 1 unspecified atom stereocenters. The first-order valence-corrected chi connectivity index (χ1v) is 11.6. The highest BCUT2D eigenvalue weighted by Gasteiger charge is 2.38. The number of nitrogens with zero attached hydrogens (tertiary/aromatic N) is 6.